The van der Waals surface area contributed by atoms with Crippen molar-refractivity contribution in [3.05, 3.63) is 39.6 Å². The van der Waals surface area contributed by atoms with Crippen LogP contribution in [0.25, 0.3) is 0 Å². The van der Waals surface area contributed by atoms with E-state index in [1.54, 1.807) is 25.1 Å². The maximum atomic E-state index is 13.1. The number of hydrogen-bond acceptors (Lipinski definition) is 4. The molecule has 0 radical (unpaired) electrons. The molecule has 0 fully saturated rings. The van der Waals surface area contributed by atoms with Crippen molar-refractivity contribution in [2.75, 3.05) is 14.2 Å². The maximum Gasteiger partial charge on any atom is 0.436 e. The maximum absolute atomic E-state index is 13.1. The van der Waals surface area contributed by atoms with E-state index in [2.05, 4.69) is 26.3 Å². The van der Waals surface area contributed by atoms with Gasteiger partial charge in [-0.2, -0.15) is 18.3 Å². The molecule has 1 heterocycles. The monoisotopic (exact) mass is 463 g/mol. The number of hydrogen-bond donors (Lipinski definition) is 1. The van der Waals surface area contributed by atoms with Crippen LogP contribution >= 0.6 is 15.9 Å². The van der Waals surface area contributed by atoms with Gasteiger partial charge in [-0.05, 0) is 54.9 Å². The van der Waals surface area contributed by atoms with Gasteiger partial charge in [0.15, 0.2) is 5.69 Å². The molecule has 28 heavy (non-hydrogen) atoms. The highest BCUT2D eigenvalue weighted by atomic mass is 79.9. The molecule has 0 aliphatic carbocycles. The van der Waals surface area contributed by atoms with E-state index in [4.69, 9.17) is 9.47 Å². The summed E-state index contributed by atoms with van der Waals surface area (Å²) in [7, 11) is 3.03. The SMILES string of the molecule is COc1ccc(OC)c(C(C)NC(=O)C(C)n2nc(C(F)(F)F)c(Br)c2C)c1. The van der Waals surface area contributed by atoms with Crippen LogP contribution in [0, 0.1) is 6.92 Å². The molecule has 6 nitrogen and oxygen atoms in total. The van der Waals surface area contributed by atoms with E-state index in [0.717, 1.165) is 4.68 Å². The largest absolute Gasteiger partial charge is 0.497 e. The lowest BCUT2D eigenvalue weighted by atomic mass is 10.1. The van der Waals surface area contributed by atoms with Gasteiger partial charge in [-0.15, -0.1) is 0 Å². The molecular formula is C18H21BrF3N3O3. The number of carbonyl (C=O) groups is 1. The summed E-state index contributed by atoms with van der Waals surface area (Å²) in [6, 6.07) is 3.74. The summed E-state index contributed by atoms with van der Waals surface area (Å²) in [5.41, 5.74) is -0.175. The molecule has 1 N–H and O–H groups in total. The predicted molar refractivity (Wildman–Crippen MR) is 100 cm³/mol. The molecule has 0 bridgehead atoms. The number of aromatic nitrogens is 2. The third-order valence-corrected chi connectivity index (χ3v) is 5.30. The number of carbonyl (C=O) groups excluding carboxylic acids is 1. The Balaban J connectivity index is 2.26. The Bertz CT molecular complexity index is 868. The summed E-state index contributed by atoms with van der Waals surface area (Å²) in [5, 5.41) is 6.37. The molecule has 0 saturated carbocycles. The molecule has 1 aromatic heterocycles. The minimum absolute atomic E-state index is 0.179. The van der Waals surface area contributed by atoms with Gasteiger partial charge in [-0.25, -0.2) is 0 Å². The molecule has 2 atom stereocenters. The lowest BCUT2D eigenvalue weighted by Gasteiger charge is -2.21. The molecule has 154 valence electrons. The van der Waals surface area contributed by atoms with Crippen LogP contribution in [-0.2, 0) is 11.0 Å². The highest BCUT2D eigenvalue weighted by Gasteiger charge is 2.39. The van der Waals surface area contributed by atoms with Gasteiger partial charge in [0.2, 0.25) is 5.91 Å². The average Bonchev–Trinajstić information content (AvgIpc) is 2.95. The quantitative estimate of drug-likeness (QED) is 0.687. The minimum atomic E-state index is -4.62. The van der Waals surface area contributed by atoms with E-state index in [-0.39, 0.29) is 10.2 Å². The zero-order chi connectivity index (χ0) is 21.2. The molecule has 0 spiro atoms. The molecule has 2 aromatic rings. The number of rotatable bonds is 6. The van der Waals surface area contributed by atoms with Crippen LogP contribution in [-0.4, -0.2) is 29.9 Å². The first-order valence-electron chi connectivity index (χ1n) is 8.35. The van der Waals surface area contributed by atoms with Crippen molar-refractivity contribution in [3.63, 3.8) is 0 Å². The Labute approximate surface area is 169 Å². The third kappa shape index (κ3) is 4.43. The Morgan fingerprint density at radius 3 is 2.39 bits per heavy atom. The molecule has 1 amide bonds. The first-order chi connectivity index (χ1) is 13.0. The zero-order valence-electron chi connectivity index (χ0n) is 16.0. The second-order valence-corrected chi connectivity index (χ2v) is 7.00. The summed E-state index contributed by atoms with van der Waals surface area (Å²) in [4.78, 5) is 12.7. The van der Waals surface area contributed by atoms with E-state index in [1.807, 2.05) is 0 Å². The van der Waals surface area contributed by atoms with Crippen molar-refractivity contribution in [2.24, 2.45) is 0 Å². The van der Waals surface area contributed by atoms with Gasteiger partial charge < -0.3 is 14.8 Å². The molecule has 2 unspecified atom stereocenters. The van der Waals surface area contributed by atoms with Gasteiger partial charge in [0.25, 0.3) is 0 Å². The summed E-state index contributed by atoms with van der Waals surface area (Å²) < 4.78 is 50.6. The smallest absolute Gasteiger partial charge is 0.436 e. The third-order valence-electron chi connectivity index (χ3n) is 4.35. The zero-order valence-corrected chi connectivity index (χ0v) is 17.6. The summed E-state index contributed by atoms with van der Waals surface area (Å²) in [6.07, 6.45) is -4.62. The van der Waals surface area contributed by atoms with Crippen molar-refractivity contribution in [1.82, 2.24) is 15.1 Å². The molecular weight excluding hydrogens is 443 g/mol. The number of nitrogens with one attached hydrogen (secondary N) is 1. The molecule has 2 rings (SSSR count). The Kier molecular flexibility index (Phi) is 6.63. The van der Waals surface area contributed by atoms with Crippen LogP contribution in [0.2, 0.25) is 0 Å². The van der Waals surface area contributed by atoms with E-state index >= 15 is 0 Å². The molecule has 1 aromatic carbocycles. The van der Waals surface area contributed by atoms with Gasteiger partial charge in [0.1, 0.15) is 17.5 Å². The Hall–Kier alpha value is -2.23. The number of amides is 1. The fourth-order valence-corrected chi connectivity index (χ4v) is 3.24. The standard InChI is InChI=1S/C18H21BrF3N3O3/c1-9(13-8-12(27-4)6-7-14(13)28-5)23-17(26)11(3)25-10(2)15(19)16(24-25)18(20,21)22/h6-9,11H,1-5H3,(H,23,26). The van der Waals surface area contributed by atoms with Gasteiger partial charge in [0.05, 0.1) is 30.4 Å². The van der Waals surface area contributed by atoms with Gasteiger partial charge in [0, 0.05) is 5.56 Å². The summed E-state index contributed by atoms with van der Waals surface area (Å²) in [5.74, 6) is 0.662. The van der Waals surface area contributed by atoms with Gasteiger partial charge in [-0.3, -0.25) is 9.48 Å². The number of alkyl halides is 3. The minimum Gasteiger partial charge on any atom is -0.497 e. The van der Waals surface area contributed by atoms with Gasteiger partial charge in [-0.1, -0.05) is 0 Å². The summed E-state index contributed by atoms with van der Waals surface area (Å²) in [6.45, 7) is 4.69. The second-order valence-electron chi connectivity index (χ2n) is 6.20. The predicted octanol–water partition coefficient (Wildman–Crippen LogP) is 4.43. The highest BCUT2D eigenvalue weighted by molar-refractivity contribution is 9.10. The first kappa shape index (κ1) is 22.1. The van der Waals surface area contributed by atoms with Crippen LogP contribution < -0.4 is 14.8 Å². The van der Waals surface area contributed by atoms with Crippen LogP contribution in [0.15, 0.2) is 22.7 Å². The highest BCUT2D eigenvalue weighted by Crippen LogP contribution is 2.36. The van der Waals surface area contributed by atoms with E-state index in [9.17, 15) is 18.0 Å². The van der Waals surface area contributed by atoms with Crippen LogP contribution in [0.4, 0.5) is 13.2 Å². The molecule has 0 aliphatic heterocycles. The van der Waals surface area contributed by atoms with Crippen molar-refractivity contribution >= 4 is 21.8 Å². The van der Waals surface area contributed by atoms with Crippen LogP contribution in [0.5, 0.6) is 11.5 Å². The normalized spacial score (nSPS) is 13.8. The average molecular weight is 464 g/mol. The van der Waals surface area contributed by atoms with E-state index in [0.29, 0.717) is 17.1 Å². The topological polar surface area (TPSA) is 65.4 Å². The lowest BCUT2D eigenvalue weighted by Crippen LogP contribution is -2.34. The van der Waals surface area contributed by atoms with E-state index < -0.39 is 29.9 Å². The van der Waals surface area contributed by atoms with Gasteiger partial charge >= 0.3 is 6.18 Å². The lowest BCUT2D eigenvalue weighted by molar-refractivity contribution is -0.142. The number of benzene rings is 1. The van der Waals surface area contributed by atoms with Crippen LogP contribution in [0.3, 0.4) is 0 Å². The van der Waals surface area contributed by atoms with Crippen molar-refractivity contribution in [1.29, 1.82) is 0 Å². The van der Waals surface area contributed by atoms with E-state index in [1.165, 1.54) is 28.1 Å². The first-order valence-corrected chi connectivity index (χ1v) is 9.14. The number of ether oxygens (including phenoxy) is 2. The van der Waals surface area contributed by atoms with Crippen molar-refractivity contribution < 1.29 is 27.4 Å². The van der Waals surface area contributed by atoms with Crippen molar-refractivity contribution in [3.8, 4) is 11.5 Å². The molecule has 10 heteroatoms. The number of methoxy groups -OCH3 is 2. The number of nitrogens with zero attached hydrogens (tertiary/aromatic N) is 2. The Morgan fingerprint density at radius 1 is 1.25 bits per heavy atom. The Morgan fingerprint density at radius 2 is 1.89 bits per heavy atom. The van der Waals surface area contributed by atoms with Crippen LogP contribution in [0.1, 0.15) is 42.9 Å². The molecule has 0 saturated heterocycles. The van der Waals surface area contributed by atoms with Crippen molar-refractivity contribution in [2.45, 2.75) is 39.0 Å². The summed E-state index contributed by atoms with van der Waals surface area (Å²) >= 11 is 2.91. The second kappa shape index (κ2) is 8.42. The molecule has 0 aliphatic rings. The number of halogens is 4. The fraction of sp³-hybridized carbons (Fsp3) is 0.444. The fourth-order valence-electron chi connectivity index (χ4n) is 2.76.